The molecule has 1 heterocycles. The number of nitrogens with one attached hydrogen (secondary N) is 1. The maximum atomic E-state index is 8.78. The summed E-state index contributed by atoms with van der Waals surface area (Å²) in [4.78, 5) is 0. The van der Waals surface area contributed by atoms with Crippen LogP contribution in [0, 0.1) is 11.3 Å². The maximum Gasteiger partial charge on any atom is 0.130 e. The summed E-state index contributed by atoms with van der Waals surface area (Å²) in [7, 11) is 0. The van der Waals surface area contributed by atoms with E-state index >= 15 is 0 Å². The summed E-state index contributed by atoms with van der Waals surface area (Å²) < 4.78 is 8.40. The van der Waals surface area contributed by atoms with E-state index in [0.29, 0.717) is 38.9 Å². The second-order valence-corrected chi connectivity index (χ2v) is 5.68. The number of anilines is 1. The first-order chi connectivity index (χ1) is 10.2. The molecule has 104 valence electrons. The monoisotopic (exact) mass is 334 g/mol. The molecule has 0 radical (unpaired) electrons. The van der Waals surface area contributed by atoms with Gasteiger partial charge in [-0.25, -0.2) is 0 Å². The van der Waals surface area contributed by atoms with Gasteiger partial charge in [-0.05, 0) is 23.8 Å². The highest BCUT2D eigenvalue weighted by molar-refractivity contribution is 7.00. The molecule has 3 rings (SSSR count). The molecule has 0 aliphatic carbocycles. The van der Waals surface area contributed by atoms with E-state index in [4.69, 9.17) is 28.5 Å². The van der Waals surface area contributed by atoms with E-state index in [0.717, 1.165) is 17.3 Å². The summed E-state index contributed by atoms with van der Waals surface area (Å²) in [5.74, 6) is 0. The number of hydrogen-bond donors (Lipinski definition) is 1. The fourth-order valence-electron chi connectivity index (χ4n) is 1.93. The number of nitrogens with zero attached hydrogens (tertiary/aromatic N) is 3. The maximum absolute atomic E-state index is 8.78. The molecule has 0 saturated carbocycles. The van der Waals surface area contributed by atoms with Crippen LogP contribution in [0.5, 0.6) is 0 Å². The SMILES string of the molecule is N#Cc1ccc(CNc2c(Cl)cc(Cl)c3nsnc23)cc1. The van der Waals surface area contributed by atoms with Crippen LogP contribution in [0.1, 0.15) is 11.1 Å². The number of fused-ring (bicyclic) bond motifs is 1. The standard InChI is InChI=1S/C14H8Cl2N4S/c15-10-5-11(16)13-14(20-21-19-13)12(10)18-7-9-3-1-8(6-17)2-4-9/h1-5,18H,7H2. The molecule has 21 heavy (non-hydrogen) atoms. The molecule has 0 spiro atoms. The largest absolute Gasteiger partial charge is 0.378 e. The average Bonchev–Trinajstić information content (AvgIpc) is 2.97. The highest BCUT2D eigenvalue weighted by Crippen LogP contribution is 2.35. The molecule has 4 nitrogen and oxygen atoms in total. The van der Waals surface area contributed by atoms with Crippen LogP contribution >= 0.6 is 34.9 Å². The Morgan fingerprint density at radius 3 is 2.52 bits per heavy atom. The lowest BCUT2D eigenvalue weighted by molar-refractivity contribution is 1.15. The van der Waals surface area contributed by atoms with Gasteiger partial charge in [0.15, 0.2) is 0 Å². The summed E-state index contributed by atoms with van der Waals surface area (Å²) in [6, 6.07) is 11.1. The summed E-state index contributed by atoms with van der Waals surface area (Å²) >= 11 is 13.4. The lowest BCUT2D eigenvalue weighted by Gasteiger charge is -2.09. The van der Waals surface area contributed by atoms with Crippen molar-refractivity contribution in [1.82, 2.24) is 8.75 Å². The van der Waals surface area contributed by atoms with E-state index in [9.17, 15) is 0 Å². The average molecular weight is 335 g/mol. The van der Waals surface area contributed by atoms with Crippen molar-refractivity contribution in [3.8, 4) is 6.07 Å². The first-order valence-electron chi connectivity index (χ1n) is 6.02. The van der Waals surface area contributed by atoms with Gasteiger partial charge in [0.05, 0.1) is 39.1 Å². The van der Waals surface area contributed by atoms with Gasteiger partial charge >= 0.3 is 0 Å². The molecule has 3 aromatic rings. The van der Waals surface area contributed by atoms with Gasteiger partial charge < -0.3 is 5.32 Å². The number of nitriles is 1. The summed E-state index contributed by atoms with van der Waals surface area (Å²) in [6.07, 6.45) is 0. The van der Waals surface area contributed by atoms with Crippen molar-refractivity contribution in [2.75, 3.05) is 5.32 Å². The Bertz CT molecular complexity index is 837. The predicted molar refractivity (Wildman–Crippen MR) is 85.9 cm³/mol. The molecule has 0 fully saturated rings. The molecule has 2 aromatic carbocycles. The van der Waals surface area contributed by atoms with Gasteiger partial charge in [-0.1, -0.05) is 35.3 Å². The van der Waals surface area contributed by atoms with Crippen LogP contribution < -0.4 is 5.32 Å². The lowest BCUT2D eigenvalue weighted by Crippen LogP contribution is -2.01. The summed E-state index contributed by atoms with van der Waals surface area (Å²) in [5.41, 5.74) is 3.71. The van der Waals surface area contributed by atoms with E-state index in [-0.39, 0.29) is 0 Å². The fraction of sp³-hybridized carbons (Fsp3) is 0.0714. The van der Waals surface area contributed by atoms with Gasteiger partial charge in [-0.3, -0.25) is 0 Å². The number of rotatable bonds is 3. The van der Waals surface area contributed by atoms with Crippen LogP contribution in [0.15, 0.2) is 30.3 Å². The first kappa shape index (κ1) is 14.1. The van der Waals surface area contributed by atoms with E-state index in [1.54, 1.807) is 18.2 Å². The number of halogens is 2. The first-order valence-corrected chi connectivity index (χ1v) is 7.51. The van der Waals surface area contributed by atoms with Gasteiger partial charge in [-0.15, -0.1) is 0 Å². The zero-order valence-corrected chi connectivity index (χ0v) is 12.9. The minimum atomic E-state index is 0.493. The van der Waals surface area contributed by atoms with Crippen LogP contribution in [0.25, 0.3) is 11.0 Å². The number of benzene rings is 2. The highest BCUT2D eigenvalue weighted by atomic mass is 35.5. The van der Waals surface area contributed by atoms with Gasteiger partial charge in [0.25, 0.3) is 0 Å². The van der Waals surface area contributed by atoms with Crippen LogP contribution in [-0.2, 0) is 6.54 Å². The molecule has 0 atom stereocenters. The third-order valence-electron chi connectivity index (χ3n) is 3.00. The smallest absolute Gasteiger partial charge is 0.130 e. The van der Waals surface area contributed by atoms with Crippen molar-refractivity contribution in [2.24, 2.45) is 0 Å². The van der Waals surface area contributed by atoms with Crippen LogP contribution in [-0.4, -0.2) is 8.75 Å². The van der Waals surface area contributed by atoms with Crippen molar-refractivity contribution >= 4 is 51.7 Å². The van der Waals surface area contributed by atoms with Crippen molar-refractivity contribution in [1.29, 1.82) is 5.26 Å². The van der Waals surface area contributed by atoms with E-state index in [2.05, 4.69) is 20.1 Å². The van der Waals surface area contributed by atoms with Crippen LogP contribution in [0.3, 0.4) is 0 Å². The van der Waals surface area contributed by atoms with Crippen LogP contribution in [0.2, 0.25) is 10.0 Å². The highest BCUT2D eigenvalue weighted by Gasteiger charge is 2.13. The predicted octanol–water partition coefficient (Wildman–Crippen LogP) is 4.48. The Balaban J connectivity index is 1.88. The third-order valence-corrected chi connectivity index (χ3v) is 4.11. The second kappa shape index (κ2) is 5.86. The van der Waals surface area contributed by atoms with Gasteiger partial charge in [0.1, 0.15) is 11.0 Å². The van der Waals surface area contributed by atoms with Crippen molar-refractivity contribution in [3.05, 3.63) is 51.5 Å². The summed E-state index contributed by atoms with van der Waals surface area (Å²) in [6.45, 7) is 0.569. The molecule has 7 heteroatoms. The van der Waals surface area contributed by atoms with Crippen molar-refractivity contribution in [2.45, 2.75) is 6.54 Å². The molecule has 0 saturated heterocycles. The van der Waals surface area contributed by atoms with E-state index < -0.39 is 0 Å². The Labute approximate surface area is 135 Å². The number of hydrogen-bond acceptors (Lipinski definition) is 5. The van der Waals surface area contributed by atoms with Crippen molar-refractivity contribution in [3.63, 3.8) is 0 Å². The van der Waals surface area contributed by atoms with Crippen LogP contribution in [0.4, 0.5) is 5.69 Å². The molecule has 0 aliphatic rings. The Morgan fingerprint density at radius 1 is 1.10 bits per heavy atom. The molecular weight excluding hydrogens is 327 g/mol. The molecule has 0 bridgehead atoms. The quantitative estimate of drug-likeness (QED) is 0.766. The Morgan fingerprint density at radius 2 is 1.81 bits per heavy atom. The molecular formula is C14H8Cl2N4S. The fourth-order valence-corrected chi connectivity index (χ4v) is 3.11. The molecule has 0 aliphatic heterocycles. The molecule has 0 unspecified atom stereocenters. The third kappa shape index (κ3) is 2.79. The second-order valence-electron chi connectivity index (χ2n) is 4.34. The van der Waals surface area contributed by atoms with Gasteiger partial charge in [0, 0.05) is 6.54 Å². The lowest BCUT2D eigenvalue weighted by atomic mass is 10.1. The van der Waals surface area contributed by atoms with Gasteiger partial charge in [-0.2, -0.15) is 14.0 Å². The minimum Gasteiger partial charge on any atom is -0.378 e. The van der Waals surface area contributed by atoms with Gasteiger partial charge in [0.2, 0.25) is 0 Å². The van der Waals surface area contributed by atoms with E-state index in [1.807, 2.05) is 12.1 Å². The topological polar surface area (TPSA) is 61.6 Å². The van der Waals surface area contributed by atoms with E-state index in [1.165, 1.54) is 0 Å². The normalized spacial score (nSPS) is 10.5. The number of aromatic nitrogens is 2. The Kier molecular flexibility index (Phi) is 3.93. The minimum absolute atomic E-state index is 0.493. The summed E-state index contributed by atoms with van der Waals surface area (Å²) in [5, 5.41) is 13.0. The van der Waals surface area contributed by atoms with Crippen molar-refractivity contribution < 1.29 is 0 Å². The molecule has 0 amide bonds. The Hall–Kier alpha value is -1.87. The molecule has 1 N–H and O–H groups in total. The zero-order chi connectivity index (χ0) is 14.8. The zero-order valence-electron chi connectivity index (χ0n) is 10.6. The molecule has 1 aromatic heterocycles.